The van der Waals surface area contributed by atoms with E-state index in [0.29, 0.717) is 5.56 Å². The van der Waals surface area contributed by atoms with Gasteiger partial charge in [0, 0.05) is 0 Å². The van der Waals surface area contributed by atoms with Crippen molar-refractivity contribution in [3.8, 4) is 11.1 Å². The lowest BCUT2D eigenvalue weighted by molar-refractivity contribution is 0.551. The van der Waals surface area contributed by atoms with E-state index in [-0.39, 0.29) is 5.43 Å². The first-order valence-corrected chi connectivity index (χ1v) is 3.33. The SMILES string of the molecule is O=c1cccc2ccocc1-2. The zero-order valence-corrected chi connectivity index (χ0v) is 5.78. The maximum Gasteiger partial charge on any atom is 0.189 e. The minimum Gasteiger partial charge on any atom is -0.472 e. The minimum absolute atomic E-state index is 0.00634. The highest BCUT2D eigenvalue weighted by Crippen LogP contribution is 2.14. The first kappa shape index (κ1) is 6.16. The van der Waals surface area contributed by atoms with Gasteiger partial charge in [-0.1, -0.05) is 12.1 Å². The van der Waals surface area contributed by atoms with Crippen molar-refractivity contribution in [3.63, 3.8) is 0 Å². The molecule has 0 saturated carbocycles. The Balaban J connectivity index is 2.90. The van der Waals surface area contributed by atoms with Crippen LogP contribution in [-0.4, -0.2) is 0 Å². The maximum atomic E-state index is 11.1. The van der Waals surface area contributed by atoms with Crippen molar-refractivity contribution in [2.75, 3.05) is 0 Å². The molecule has 0 unspecified atom stereocenters. The van der Waals surface area contributed by atoms with Crippen LogP contribution in [0.2, 0.25) is 0 Å². The van der Waals surface area contributed by atoms with E-state index in [2.05, 4.69) is 0 Å². The molecule has 2 heteroatoms. The Morgan fingerprint density at radius 2 is 2.09 bits per heavy atom. The fourth-order valence-electron chi connectivity index (χ4n) is 1.05. The Kier molecular flexibility index (Phi) is 1.25. The number of benzene rings is 1. The van der Waals surface area contributed by atoms with Gasteiger partial charge in [-0.15, -0.1) is 0 Å². The van der Waals surface area contributed by atoms with Gasteiger partial charge in [0.1, 0.15) is 6.26 Å². The highest BCUT2D eigenvalue weighted by molar-refractivity contribution is 5.62. The van der Waals surface area contributed by atoms with Gasteiger partial charge in [-0.05, 0) is 17.7 Å². The monoisotopic (exact) mass is 146 g/mol. The van der Waals surface area contributed by atoms with E-state index in [9.17, 15) is 4.79 Å². The molecule has 2 nitrogen and oxygen atoms in total. The molecule has 0 atom stereocenters. The summed E-state index contributed by atoms with van der Waals surface area (Å²) < 4.78 is 4.87. The van der Waals surface area contributed by atoms with Gasteiger partial charge in [-0.3, -0.25) is 4.79 Å². The molecule has 2 rings (SSSR count). The molecule has 1 aliphatic heterocycles. The highest BCUT2D eigenvalue weighted by Gasteiger charge is 2.02. The summed E-state index contributed by atoms with van der Waals surface area (Å²) in [7, 11) is 0. The van der Waals surface area contributed by atoms with Crippen molar-refractivity contribution < 1.29 is 4.42 Å². The molecular weight excluding hydrogens is 140 g/mol. The molecule has 54 valence electrons. The van der Waals surface area contributed by atoms with Crippen LogP contribution in [0.5, 0.6) is 0 Å². The average Bonchev–Trinajstić information content (AvgIpc) is 2.06. The quantitative estimate of drug-likeness (QED) is 0.566. The van der Waals surface area contributed by atoms with E-state index in [4.69, 9.17) is 4.42 Å². The summed E-state index contributed by atoms with van der Waals surface area (Å²) in [6.07, 6.45) is 3.03. The van der Waals surface area contributed by atoms with Gasteiger partial charge in [0.15, 0.2) is 5.43 Å². The zero-order valence-electron chi connectivity index (χ0n) is 5.78. The Hall–Kier alpha value is -1.57. The van der Waals surface area contributed by atoms with E-state index >= 15 is 0 Å². The molecule has 0 aromatic carbocycles. The van der Waals surface area contributed by atoms with Crippen LogP contribution in [0.3, 0.4) is 0 Å². The van der Waals surface area contributed by atoms with Crippen LogP contribution in [0.4, 0.5) is 0 Å². The van der Waals surface area contributed by atoms with Gasteiger partial charge < -0.3 is 4.42 Å². The molecule has 0 aromatic heterocycles. The molecule has 0 radical (unpaired) electrons. The first-order chi connectivity index (χ1) is 5.38. The zero-order chi connectivity index (χ0) is 7.68. The maximum absolute atomic E-state index is 11.1. The summed E-state index contributed by atoms with van der Waals surface area (Å²) in [5.41, 5.74) is 1.56. The number of hydrogen-bond donors (Lipinski definition) is 0. The second kappa shape index (κ2) is 2.23. The fraction of sp³-hybridized carbons (Fsp3) is 0. The molecule has 0 fully saturated rings. The minimum atomic E-state index is 0.00634. The van der Waals surface area contributed by atoms with Crippen molar-refractivity contribution in [1.82, 2.24) is 0 Å². The van der Waals surface area contributed by atoms with Crippen molar-refractivity contribution in [2.45, 2.75) is 0 Å². The van der Waals surface area contributed by atoms with Gasteiger partial charge >= 0.3 is 0 Å². The van der Waals surface area contributed by atoms with Crippen LogP contribution in [0.1, 0.15) is 0 Å². The normalized spacial score (nSPS) is 10.2. The predicted molar refractivity (Wildman–Crippen MR) is 41.6 cm³/mol. The summed E-state index contributed by atoms with van der Waals surface area (Å²) in [5.74, 6) is 0. The largest absolute Gasteiger partial charge is 0.472 e. The Morgan fingerprint density at radius 3 is 2.91 bits per heavy atom. The molecule has 1 aliphatic carbocycles. The molecule has 0 amide bonds. The molecule has 0 aromatic rings. The summed E-state index contributed by atoms with van der Waals surface area (Å²) >= 11 is 0. The number of rotatable bonds is 0. The van der Waals surface area contributed by atoms with E-state index < -0.39 is 0 Å². The molecule has 0 bridgehead atoms. The highest BCUT2D eigenvalue weighted by atomic mass is 16.3. The lowest BCUT2D eigenvalue weighted by atomic mass is 10.1. The molecule has 0 saturated heterocycles. The Labute approximate surface area is 63.4 Å². The summed E-state index contributed by atoms with van der Waals surface area (Å²) in [6, 6.07) is 6.92. The molecule has 1 heterocycles. The lowest BCUT2D eigenvalue weighted by Gasteiger charge is -1.98. The van der Waals surface area contributed by atoms with Crippen LogP contribution in [0.25, 0.3) is 11.1 Å². The number of hydrogen-bond acceptors (Lipinski definition) is 2. The third-order valence-electron chi connectivity index (χ3n) is 1.61. The van der Waals surface area contributed by atoms with Crippen LogP contribution in [-0.2, 0) is 0 Å². The van der Waals surface area contributed by atoms with Crippen LogP contribution in [0.15, 0.2) is 46.0 Å². The van der Waals surface area contributed by atoms with Gasteiger partial charge in [0.05, 0.1) is 11.8 Å². The number of fused-ring (bicyclic) bond motifs is 1. The van der Waals surface area contributed by atoms with Gasteiger partial charge in [-0.2, -0.15) is 0 Å². The average molecular weight is 146 g/mol. The molecular formula is C9H6O2. The predicted octanol–water partition coefficient (Wildman–Crippen LogP) is 1.74. The van der Waals surface area contributed by atoms with E-state index in [1.807, 2.05) is 6.07 Å². The summed E-state index contributed by atoms with van der Waals surface area (Å²) in [4.78, 5) is 11.1. The third kappa shape index (κ3) is 0.923. The Morgan fingerprint density at radius 1 is 1.18 bits per heavy atom. The second-order valence-corrected chi connectivity index (χ2v) is 2.32. The van der Waals surface area contributed by atoms with Crippen LogP contribution in [0, 0.1) is 0 Å². The van der Waals surface area contributed by atoms with Crippen LogP contribution >= 0.6 is 0 Å². The van der Waals surface area contributed by atoms with E-state index in [1.165, 1.54) is 12.3 Å². The van der Waals surface area contributed by atoms with Gasteiger partial charge in [0.25, 0.3) is 0 Å². The molecule has 0 N–H and O–H groups in total. The summed E-state index contributed by atoms with van der Waals surface area (Å²) in [5, 5.41) is 0. The molecule has 11 heavy (non-hydrogen) atoms. The summed E-state index contributed by atoms with van der Waals surface area (Å²) in [6.45, 7) is 0. The topological polar surface area (TPSA) is 30.2 Å². The van der Waals surface area contributed by atoms with Crippen molar-refractivity contribution in [2.24, 2.45) is 0 Å². The van der Waals surface area contributed by atoms with Crippen LogP contribution < -0.4 is 5.43 Å². The first-order valence-electron chi connectivity index (χ1n) is 3.33. The van der Waals surface area contributed by atoms with Crippen molar-refractivity contribution in [3.05, 3.63) is 47.0 Å². The fourth-order valence-corrected chi connectivity index (χ4v) is 1.05. The Bertz CT molecular complexity index is 389. The smallest absolute Gasteiger partial charge is 0.189 e. The standard InChI is InChI=1S/C9H6O2/c10-9-3-1-2-7-4-5-11-6-8(7)9/h1-6H. The van der Waals surface area contributed by atoms with Gasteiger partial charge in [0.2, 0.25) is 0 Å². The van der Waals surface area contributed by atoms with Gasteiger partial charge in [-0.25, -0.2) is 0 Å². The second-order valence-electron chi connectivity index (χ2n) is 2.32. The third-order valence-corrected chi connectivity index (χ3v) is 1.61. The van der Waals surface area contributed by atoms with E-state index in [0.717, 1.165) is 5.56 Å². The van der Waals surface area contributed by atoms with Crippen molar-refractivity contribution >= 4 is 0 Å². The molecule has 0 spiro atoms. The van der Waals surface area contributed by atoms with Crippen molar-refractivity contribution in [1.29, 1.82) is 0 Å². The van der Waals surface area contributed by atoms with E-state index in [1.54, 1.807) is 18.4 Å². The lowest BCUT2D eigenvalue weighted by Crippen LogP contribution is -2.01. The molecule has 2 aliphatic rings.